The molecule has 3 rings (SSSR count). The standard InChI is InChI=1S/C19H19ClFNO/c20-16-10-9-14(12-17(16)21)13-19(23)22-11-5-4-8-18(22)15-6-2-1-3-7-15/h1-3,6-7,9-10,12,18H,4-5,8,11,13H2. The van der Waals surface area contributed by atoms with Gasteiger partial charge in [0, 0.05) is 6.54 Å². The van der Waals surface area contributed by atoms with Crippen LogP contribution >= 0.6 is 11.6 Å². The van der Waals surface area contributed by atoms with Crippen LogP contribution in [0, 0.1) is 5.82 Å². The summed E-state index contributed by atoms with van der Waals surface area (Å²) in [6.07, 6.45) is 3.32. The molecular formula is C19H19ClFNO. The van der Waals surface area contributed by atoms with Crippen molar-refractivity contribution < 1.29 is 9.18 Å². The first-order valence-corrected chi connectivity index (χ1v) is 8.31. The second-order valence-electron chi connectivity index (χ2n) is 5.93. The number of nitrogens with zero attached hydrogens (tertiary/aromatic N) is 1. The van der Waals surface area contributed by atoms with E-state index < -0.39 is 5.82 Å². The van der Waals surface area contributed by atoms with Gasteiger partial charge in [-0.1, -0.05) is 48.0 Å². The van der Waals surface area contributed by atoms with E-state index in [0.29, 0.717) is 5.56 Å². The Morgan fingerprint density at radius 1 is 1.17 bits per heavy atom. The number of carbonyl (C=O) groups excluding carboxylic acids is 1. The maximum atomic E-state index is 13.6. The molecular weight excluding hydrogens is 313 g/mol. The third kappa shape index (κ3) is 3.73. The largest absolute Gasteiger partial charge is 0.335 e. The average Bonchev–Trinajstić information content (AvgIpc) is 2.59. The molecule has 23 heavy (non-hydrogen) atoms. The minimum absolute atomic E-state index is 0.0419. The molecule has 4 heteroatoms. The summed E-state index contributed by atoms with van der Waals surface area (Å²) in [5, 5.41) is 0.0846. The van der Waals surface area contributed by atoms with E-state index in [9.17, 15) is 9.18 Å². The minimum atomic E-state index is -0.477. The Labute approximate surface area is 140 Å². The first-order chi connectivity index (χ1) is 11.1. The van der Waals surface area contributed by atoms with Crippen molar-refractivity contribution in [1.29, 1.82) is 0 Å². The molecule has 1 atom stereocenters. The van der Waals surface area contributed by atoms with E-state index in [1.165, 1.54) is 17.7 Å². The lowest BCUT2D eigenvalue weighted by Gasteiger charge is -2.36. The second-order valence-corrected chi connectivity index (χ2v) is 6.34. The van der Waals surface area contributed by atoms with E-state index in [1.807, 2.05) is 23.1 Å². The Bertz CT molecular complexity index is 689. The maximum Gasteiger partial charge on any atom is 0.227 e. The van der Waals surface area contributed by atoms with Gasteiger partial charge in [0.2, 0.25) is 5.91 Å². The smallest absolute Gasteiger partial charge is 0.227 e. The van der Waals surface area contributed by atoms with Gasteiger partial charge in [0.15, 0.2) is 0 Å². The molecule has 0 N–H and O–H groups in total. The van der Waals surface area contributed by atoms with Crippen molar-refractivity contribution in [2.24, 2.45) is 0 Å². The molecule has 0 saturated carbocycles. The third-order valence-electron chi connectivity index (χ3n) is 4.35. The van der Waals surface area contributed by atoms with E-state index in [-0.39, 0.29) is 23.4 Å². The van der Waals surface area contributed by atoms with Crippen molar-refractivity contribution in [2.75, 3.05) is 6.54 Å². The van der Waals surface area contributed by atoms with E-state index in [0.717, 1.165) is 25.8 Å². The van der Waals surface area contributed by atoms with Crippen LogP contribution in [0.3, 0.4) is 0 Å². The van der Waals surface area contributed by atoms with Crippen LogP contribution in [0.1, 0.15) is 36.4 Å². The van der Waals surface area contributed by atoms with Crippen molar-refractivity contribution in [2.45, 2.75) is 31.7 Å². The maximum absolute atomic E-state index is 13.6. The molecule has 0 radical (unpaired) electrons. The molecule has 1 heterocycles. The Morgan fingerprint density at radius 2 is 1.96 bits per heavy atom. The molecule has 1 aliphatic rings. The zero-order chi connectivity index (χ0) is 16.2. The zero-order valence-electron chi connectivity index (χ0n) is 12.8. The van der Waals surface area contributed by atoms with Crippen LogP contribution in [0.25, 0.3) is 0 Å². The number of carbonyl (C=O) groups is 1. The van der Waals surface area contributed by atoms with Crippen molar-refractivity contribution in [3.63, 3.8) is 0 Å². The second kappa shape index (κ2) is 7.14. The fourth-order valence-corrected chi connectivity index (χ4v) is 3.30. The van der Waals surface area contributed by atoms with Crippen molar-refractivity contribution in [1.82, 2.24) is 4.90 Å². The van der Waals surface area contributed by atoms with Crippen LogP contribution < -0.4 is 0 Å². The lowest BCUT2D eigenvalue weighted by Crippen LogP contribution is -2.39. The summed E-state index contributed by atoms with van der Waals surface area (Å²) in [6, 6.07) is 14.8. The predicted octanol–water partition coefficient (Wildman–Crippen LogP) is 4.78. The average molecular weight is 332 g/mol. The summed E-state index contributed by atoms with van der Waals surface area (Å²) in [5.74, 6) is -0.435. The lowest BCUT2D eigenvalue weighted by atomic mass is 9.94. The Morgan fingerprint density at radius 3 is 2.70 bits per heavy atom. The van der Waals surface area contributed by atoms with Crippen LogP contribution in [-0.2, 0) is 11.2 Å². The summed E-state index contributed by atoms with van der Waals surface area (Å²) < 4.78 is 13.6. The van der Waals surface area contributed by atoms with Gasteiger partial charge in [0.1, 0.15) is 5.82 Å². The highest BCUT2D eigenvalue weighted by molar-refractivity contribution is 6.30. The Balaban J connectivity index is 1.77. The molecule has 1 aliphatic heterocycles. The Kier molecular flexibility index (Phi) is 4.97. The number of piperidine rings is 1. The minimum Gasteiger partial charge on any atom is -0.335 e. The lowest BCUT2D eigenvalue weighted by molar-refractivity contribution is -0.134. The highest BCUT2D eigenvalue weighted by Crippen LogP contribution is 2.31. The molecule has 0 spiro atoms. The molecule has 1 saturated heterocycles. The number of halogens is 2. The quantitative estimate of drug-likeness (QED) is 0.793. The number of hydrogen-bond acceptors (Lipinski definition) is 1. The number of hydrogen-bond donors (Lipinski definition) is 0. The number of likely N-dealkylation sites (tertiary alicyclic amines) is 1. The van der Waals surface area contributed by atoms with Gasteiger partial charge in [0.05, 0.1) is 17.5 Å². The molecule has 0 bridgehead atoms. The number of rotatable bonds is 3. The van der Waals surface area contributed by atoms with Crippen LogP contribution in [0.2, 0.25) is 5.02 Å². The topological polar surface area (TPSA) is 20.3 Å². The molecule has 2 aromatic rings. The van der Waals surface area contributed by atoms with Gasteiger partial charge in [-0.15, -0.1) is 0 Å². The van der Waals surface area contributed by atoms with Crippen LogP contribution in [0.15, 0.2) is 48.5 Å². The predicted molar refractivity (Wildman–Crippen MR) is 89.9 cm³/mol. The van der Waals surface area contributed by atoms with E-state index in [1.54, 1.807) is 6.07 Å². The summed E-state index contributed by atoms with van der Waals surface area (Å²) in [7, 11) is 0. The van der Waals surface area contributed by atoms with Crippen LogP contribution in [-0.4, -0.2) is 17.4 Å². The third-order valence-corrected chi connectivity index (χ3v) is 4.65. The molecule has 0 aliphatic carbocycles. The van der Waals surface area contributed by atoms with Gasteiger partial charge in [-0.05, 0) is 42.5 Å². The fourth-order valence-electron chi connectivity index (χ4n) is 3.18. The highest BCUT2D eigenvalue weighted by atomic mass is 35.5. The molecule has 1 unspecified atom stereocenters. The van der Waals surface area contributed by atoms with Crippen molar-refractivity contribution in [3.8, 4) is 0 Å². The monoisotopic (exact) mass is 331 g/mol. The molecule has 1 fully saturated rings. The van der Waals surface area contributed by atoms with Crippen LogP contribution in [0.5, 0.6) is 0 Å². The van der Waals surface area contributed by atoms with Crippen LogP contribution in [0.4, 0.5) is 4.39 Å². The SMILES string of the molecule is O=C(Cc1ccc(Cl)c(F)c1)N1CCCCC1c1ccccc1. The molecule has 2 aromatic carbocycles. The highest BCUT2D eigenvalue weighted by Gasteiger charge is 2.27. The van der Waals surface area contributed by atoms with Gasteiger partial charge < -0.3 is 4.90 Å². The number of benzene rings is 2. The van der Waals surface area contributed by atoms with Gasteiger partial charge >= 0.3 is 0 Å². The summed E-state index contributed by atoms with van der Waals surface area (Å²) >= 11 is 5.70. The van der Waals surface area contributed by atoms with E-state index in [4.69, 9.17) is 11.6 Å². The fraction of sp³-hybridized carbons (Fsp3) is 0.316. The van der Waals surface area contributed by atoms with Crippen molar-refractivity contribution in [3.05, 3.63) is 70.5 Å². The molecule has 0 aromatic heterocycles. The number of amides is 1. The van der Waals surface area contributed by atoms with Crippen molar-refractivity contribution >= 4 is 17.5 Å². The zero-order valence-corrected chi connectivity index (χ0v) is 13.6. The molecule has 120 valence electrons. The Hall–Kier alpha value is -1.87. The van der Waals surface area contributed by atoms with E-state index in [2.05, 4.69) is 12.1 Å². The summed E-state index contributed by atoms with van der Waals surface area (Å²) in [6.45, 7) is 0.758. The summed E-state index contributed by atoms with van der Waals surface area (Å²) in [5.41, 5.74) is 1.83. The van der Waals surface area contributed by atoms with Gasteiger partial charge in [-0.25, -0.2) is 4.39 Å². The normalized spacial score (nSPS) is 18.0. The van der Waals surface area contributed by atoms with Gasteiger partial charge in [-0.2, -0.15) is 0 Å². The van der Waals surface area contributed by atoms with E-state index >= 15 is 0 Å². The van der Waals surface area contributed by atoms with Gasteiger partial charge in [-0.3, -0.25) is 4.79 Å². The van der Waals surface area contributed by atoms with Gasteiger partial charge in [0.25, 0.3) is 0 Å². The molecule has 2 nitrogen and oxygen atoms in total. The summed E-state index contributed by atoms with van der Waals surface area (Å²) in [4.78, 5) is 14.7. The first-order valence-electron chi connectivity index (χ1n) is 7.93. The molecule has 1 amide bonds. The first kappa shape index (κ1) is 16.0.